The Balaban J connectivity index is 1.04. The van der Waals surface area contributed by atoms with Gasteiger partial charge < -0.3 is 19.9 Å². The molecule has 9 heteroatoms. The van der Waals surface area contributed by atoms with Crippen molar-refractivity contribution < 1.29 is 14.3 Å². The number of rotatable bonds is 9. The van der Waals surface area contributed by atoms with Gasteiger partial charge in [0.15, 0.2) is 0 Å². The number of amides is 3. The number of hydrogen-bond acceptors (Lipinski definition) is 6. The molecule has 3 aliphatic heterocycles. The summed E-state index contributed by atoms with van der Waals surface area (Å²) in [5.74, 6) is 0.447. The Morgan fingerprint density at radius 3 is 2.40 bits per heavy atom. The van der Waals surface area contributed by atoms with Gasteiger partial charge in [-0.15, -0.1) is 0 Å². The number of benzene rings is 2. The predicted octanol–water partition coefficient (Wildman–Crippen LogP) is 5.46. The van der Waals surface area contributed by atoms with Gasteiger partial charge in [-0.1, -0.05) is 48.2 Å². The molecule has 3 amide bonds. The fourth-order valence-electron chi connectivity index (χ4n) is 6.53. The zero-order valence-corrected chi connectivity index (χ0v) is 25.7. The molecule has 4 heterocycles. The van der Waals surface area contributed by atoms with Crippen molar-refractivity contribution >= 4 is 23.7 Å². The number of aromatic nitrogens is 1. The first-order valence-corrected chi connectivity index (χ1v) is 16.3. The zero-order chi connectivity index (χ0) is 29.6. The lowest BCUT2D eigenvalue weighted by atomic mass is 9.98. The SMILES string of the molecule is CNC(=O)c1ccc(Sc2ccc(CN3CCC(N4C(=O)N(CC5CCOCC5)C[C@H]4c4ccccc4)CC3)cn2)cc1. The van der Waals surface area contributed by atoms with E-state index in [1.807, 2.05) is 30.5 Å². The first-order valence-electron chi connectivity index (χ1n) is 15.4. The number of hydrogen-bond donors (Lipinski definition) is 1. The average Bonchev–Trinajstić information content (AvgIpc) is 3.38. The van der Waals surface area contributed by atoms with Crippen molar-refractivity contribution in [2.45, 2.75) is 54.2 Å². The first-order chi connectivity index (χ1) is 21.1. The Labute approximate surface area is 258 Å². The van der Waals surface area contributed by atoms with Crippen LogP contribution in [0.4, 0.5) is 4.79 Å². The quantitative estimate of drug-likeness (QED) is 0.352. The molecule has 226 valence electrons. The van der Waals surface area contributed by atoms with E-state index in [4.69, 9.17) is 9.72 Å². The van der Waals surface area contributed by atoms with Gasteiger partial charge in [0.05, 0.1) is 6.04 Å². The van der Waals surface area contributed by atoms with Crippen molar-refractivity contribution in [3.63, 3.8) is 0 Å². The fourth-order valence-corrected chi connectivity index (χ4v) is 7.29. The normalized spacial score (nSPS) is 20.5. The second-order valence-electron chi connectivity index (χ2n) is 11.8. The summed E-state index contributed by atoms with van der Waals surface area (Å²) in [6.07, 6.45) is 6.01. The molecule has 6 rings (SSSR count). The molecule has 0 radical (unpaired) electrons. The zero-order valence-electron chi connectivity index (χ0n) is 24.9. The Bertz CT molecular complexity index is 1360. The van der Waals surface area contributed by atoms with Crippen LogP contribution in [-0.4, -0.2) is 84.1 Å². The molecular weight excluding hydrogens is 558 g/mol. The molecule has 8 nitrogen and oxygen atoms in total. The molecule has 0 aliphatic carbocycles. The van der Waals surface area contributed by atoms with Crippen LogP contribution in [0.25, 0.3) is 0 Å². The number of nitrogens with zero attached hydrogens (tertiary/aromatic N) is 4. The van der Waals surface area contributed by atoms with Crippen LogP contribution >= 0.6 is 11.8 Å². The largest absolute Gasteiger partial charge is 0.381 e. The van der Waals surface area contributed by atoms with Gasteiger partial charge in [0.1, 0.15) is 5.03 Å². The van der Waals surface area contributed by atoms with Crippen LogP contribution in [0, 0.1) is 5.92 Å². The predicted molar refractivity (Wildman–Crippen MR) is 168 cm³/mol. The Kier molecular flexibility index (Phi) is 9.61. The van der Waals surface area contributed by atoms with E-state index < -0.39 is 0 Å². The third-order valence-corrected chi connectivity index (χ3v) is 9.90. The summed E-state index contributed by atoms with van der Waals surface area (Å²) in [6, 6.07) is 22.9. The van der Waals surface area contributed by atoms with Gasteiger partial charge in [-0.2, -0.15) is 0 Å². The van der Waals surface area contributed by atoms with Gasteiger partial charge in [-0.25, -0.2) is 9.78 Å². The topological polar surface area (TPSA) is 78.0 Å². The molecule has 1 atom stereocenters. The molecule has 0 spiro atoms. The lowest BCUT2D eigenvalue weighted by molar-refractivity contribution is 0.0574. The Hall–Kier alpha value is -3.40. The van der Waals surface area contributed by atoms with Crippen molar-refractivity contribution in [2.75, 3.05) is 46.4 Å². The van der Waals surface area contributed by atoms with Crippen molar-refractivity contribution in [3.8, 4) is 0 Å². The van der Waals surface area contributed by atoms with E-state index in [0.717, 1.165) is 81.5 Å². The molecule has 3 aliphatic rings. The maximum absolute atomic E-state index is 13.8. The van der Waals surface area contributed by atoms with Crippen LogP contribution in [0.1, 0.15) is 53.2 Å². The summed E-state index contributed by atoms with van der Waals surface area (Å²) < 4.78 is 5.56. The number of carbonyl (C=O) groups is 2. The van der Waals surface area contributed by atoms with Crippen LogP contribution in [-0.2, 0) is 11.3 Å². The highest BCUT2D eigenvalue weighted by Crippen LogP contribution is 2.36. The van der Waals surface area contributed by atoms with Crippen LogP contribution in [0.2, 0.25) is 0 Å². The third kappa shape index (κ3) is 7.22. The van der Waals surface area contributed by atoms with Crippen molar-refractivity contribution in [1.29, 1.82) is 0 Å². The highest BCUT2D eigenvalue weighted by atomic mass is 32.2. The monoisotopic (exact) mass is 599 g/mol. The highest BCUT2D eigenvalue weighted by Gasteiger charge is 2.43. The number of urea groups is 1. The van der Waals surface area contributed by atoms with Gasteiger partial charge in [0.2, 0.25) is 0 Å². The molecule has 3 saturated heterocycles. The molecule has 0 saturated carbocycles. The van der Waals surface area contributed by atoms with Gasteiger partial charge in [-0.3, -0.25) is 9.69 Å². The summed E-state index contributed by atoms with van der Waals surface area (Å²) in [5, 5.41) is 3.58. The van der Waals surface area contributed by atoms with E-state index in [-0.39, 0.29) is 24.0 Å². The second-order valence-corrected chi connectivity index (χ2v) is 12.9. The maximum Gasteiger partial charge on any atom is 0.320 e. The van der Waals surface area contributed by atoms with Crippen molar-refractivity contribution in [3.05, 3.63) is 89.6 Å². The van der Waals surface area contributed by atoms with Gasteiger partial charge in [-0.05, 0) is 73.1 Å². The Morgan fingerprint density at radius 2 is 1.72 bits per heavy atom. The first kappa shape index (κ1) is 29.7. The summed E-state index contributed by atoms with van der Waals surface area (Å²) >= 11 is 1.59. The molecule has 2 aromatic carbocycles. The standard InChI is InChI=1S/C34H41N5O3S/c1-35-33(40)28-8-10-30(11-9-28)43-32-12-7-26(21-36-32)22-37-17-13-29(14-18-37)39-31(27-5-3-2-4-6-27)24-38(34(39)41)23-25-15-19-42-20-16-25/h2-12,21,25,29,31H,13-20,22-24H2,1H3,(H,35,40)/t31-/m0/s1. The number of piperidine rings is 1. The molecule has 3 fully saturated rings. The van der Waals surface area contributed by atoms with Crippen molar-refractivity contribution in [2.24, 2.45) is 5.92 Å². The molecule has 43 heavy (non-hydrogen) atoms. The number of ether oxygens (including phenoxy) is 1. The molecule has 1 aromatic heterocycles. The summed E-state index contributed by atoms with van der Waals surface area (Å²) in [4.78, 5) is 38.2. The average molecular weight is 600 g/mol. The number of likely N-dealkylation sites (tertiary alicyclic amines) is 1. The molecular formula is C34H41N5O3S. The van der Waals surface area contributed by atoms with E-state index >= 15 is 0 Å². The van der Waals surface area contributed by atoms with Crippen LogP contribution < -0.4 is 5.32 Å². The highest BCUT2D eigenvalue weighted by molar-refractivity contribution is 7.99. The lowest BCUT2D eigenvalue weighted by Crippen LogP contribution is -2.47. The summed E-state index contributed by atoms with van der Waals surface area (Å²) in [5.41, 5.74) is 3.08. The molecule has 1 N–H and O–H groups in total. The number of nitrogens with one attached hydrogen (secondary N) is 1. The van der Waals surface area contributed by atoms with E-state index in [0.29, 0.717) is 11.5 Å². The number of carbonyl (C=O) groups excluding carboxylic acids is 2. The van der Waals surface area contributed by atoms with E-state index in [9.17, 15) is 9.59 Å². The maximum atomic E-state index is 13.8. The van der Waals surface area contributed by atoms with E-state index in [1.54, 1.807) is 18.8 Å². The third-order valence-electron chi connectivity index (χ3n) is 8.94. The van der Waals surface area contributed by atoms with E-state index in [1.165, 1.54) is 11.1 Å². The molecule has 0 unspecified atom stereocenters. The summed E-state index contributed by atoms with van der Waals surface area (Å²) in [6.45, 7) is 6.01. The minimum absolute atomic E-state index is 0.0846. The summed E-state index contributed by atoms with van der Waals surface area (Å²) in [7, 11) is 1.64. The number of pyridine rings is 1. The van der Waals surface area contributed by atoms with E-state index in [2.05, 4.69) is 62.5 Å². The van der Waals surface area contributed by atoms with Crippen molar-refractivity contribution in [1.82, 2.24) is 25.0 Å². The van der Waals surface area contributed by atoms with Gasteiger partial charge in [0, 0.05) is 75.7 Å². The molecule has 3 aromatic rings. The fraction of sp³-hybridized carbons (Fsp3) is 0.441. The van der Waals surface area contributed by atoms with Crippen LogP contribution in [0.3, 0.4) is 0 Å². The minimum Gasteiger partial charge on any atom is -0.381 e. The minimum atomic E-state index is -0.0846. The molecule has 0 bridgehead atoms. The van der Waals surface area contributed by atoms with Gasteiger partial charge >= 0.3 is 6.03 Å². The Morgan fingerprint density at radius 1 is 0.977 bits per heavy atom. The smallest absolute Gasteiger partial charge is 0.320 e. The van der Waals surface area contributed by atoms with Crippen LogP contribution in [0.15, 0.2) is 82.8 Å². The second kappa shape index (κ2) is 13.9. The van der Waals surface area contributed by atoms with Gasteiger partial charge in [0.25, 0.3) is 5.91 Å². The lowest BCUT2D eigenvalue weighted by Gasteiger charge is -2.39. The van der Waals surface area contributed by atoms with Crippen LogP contribution in [0.5, 0.6) is 0 Å².